The molecule has 1 atom stereocenters. The van der Waals surface area contributed by atoms with Gasteiger partial charge in [0.15, 0.2) is 0 Å². The highest BCUT2D eigenvalue weighted by molar-refractivity contribution is 4.95. The molecule has 0 spiro atoms. The molecule has 12 heavy (non-hydrogen) atoms. The smallest absolute Gasteiger partial charge is 0.0320 e. The maximum atomic E-state index is 2.35. The van der Waals surface area contributed by atoms with E-state index in [0.717, 1.165) is 5.92 Å². The van der Waals surface area contributed by atoms with Gasteiger partial charge in [0.25, 0.3) is 0 Å². The molecule has 72 valence electrons. The lowest BCUT2D eigenvalue weighted by Gasteiger charge is -2.27. The molecule has 0 aromatic rings. The Bertz CT molecular complexity index is 146. The predicted octanol–water partition coefficient (Wildman–Crippen LogP) is 4.42. The van der Waals surface area contributed by atoms with E-state index < -0.39 is 0 Å². The highest BCUT2D eigenvalue weighted by Gasteiger charge is 2.18. The molecule has 0 saturated heterocycles. The maximum absolute atomic E-state index is 2.35. The summed E-state index contributed by atoms with van der Waals surface area (Å²) in [5, 5.41) is 0. The van der Waals surface area contributed by atoms with Gasteiger partial charge in [-0.25, -0.2) is 0 Å². The Balaban J connectivity index is 3.80. The number of allylic oxidation sites excluding steroid dienone is 2. The summed E-state index contributed by atoms with van der Waals surface area (Å²) in [7, 11) is 0. The third kappa shape index (κ3) is 4.58. The Kier molecular flexibility index (Phi) is 4.59. The van der Waals surface area contributed by atoms with Crippen molar-refractivity contribution in [3.63, 3.8) is 0 Å². The van der Waals surface area contributed by atoms with Crippen molar-refractivity contribution in [1.82, 2.24) is 0 Å². The Morgan fingerprint density at radius 3 is 2.17 bits per heavy atom. The molecule has 0 radical (unpaired) electrons. The van der Waals surface area contributed by atoms with Crippen molar-refractivity contribution in [3.8, 4) is 0 Å². The molecule has 0 heterocycles. The van der Waals surface area contributed by atoms with Crippen molar-refractivity contribution in [2.45, 2.75) is 54.4 Å². The van der Waals surface area contributed by atoms with Crippen LogP contribution in [0.25, 0.3) is 0 Å². The van der Waals surface area contributed by atoms with Crippen LogP contribution in [0.1, 0.15) is 54.4 Å². The monoisotopic (exact) mass is 168 g/mol. The van der Waals surface area contributed by atoms with E-state index in [1.54, 1.807) is 0 Å². The van der Waals surface area contributed by atoms with Gasteiger partial charge in [-0.15, -0.1) is 0 Å². The van der Waals surface area contributed by atoms with Crippen LogP contribution in [0.4, 0.5) is 0 Å². The largest absolute Gasteiger partial charge is 0.0887 e. The van der Waals surface area contributed by atoms with Crippen molar-refractivity contribution < 1.29 is 0 Å². The quantitative estimate of drug-likeness (QED) is 0.547. The molecule has 0 amide bonds. The molecule has 0 aliphatic carbocycles. The molecule has 0 rings (SSSR count). The Morgan fingerprint density at radius 1 is 1.33 bits per heavy atom. The SMILES string of the molecule is CC=C(C)CCC(C)C(C)(C)C. The van der Waals surface area contributed by atoms with Gasteiger partial charge in [0.2, 0.25) is 0 Å². The second kappa shape index (κ2) is 4.69. The molecule has 1 unspecified atom stereocenters. The summed E-state index contributed by atoms with van der Waals surface area (Å²) < 4.78 is 0. The van der Waals surface area contributed by atoms with Gasteiger partial charge < -0.3 is 0 Å². The second-order valence-electron chi connectivity index (χ2n) is 4.94. The van der Waals surface area contributed by atoms with Gasteiger partial charge in [0.05, 0.1) is 0 Å². The van der Waals surface area contributed by atoms with E-state index in [1.807, 2.05) is 0 Å². The zero-order chi connectivity index (χ0) is 9.78. The lowest BCUT2D eigenvalue weighted by molar-refractivity contribution is 0.247. The number of hydrogen-bond acceptors (Lipinski definition) is 0. The number of hydrogen-bond donors (Lipinski definition) is 0. The Morgan fingerprint density at radius 2 is 1.83 bits per heavy atom. The zero-order valence-electron chi connectivity index (χ0n) is 9.57. The predicted molar refractivity (Wildman–Crippen MR) is 57.3 cm³/mol. The third-order valence-electron chi connectivity index (χ3n) is 2.94. The minimum atomic E-state index is 0.466. The molecular weight excluding hydrogens is 144 g/mol. The van der Waals surface area contributed by atoms with Gasteiger partial charge in [-0.1, -0.05) is 39.3 Å². The standard InChI is InChI=1S/C12H24/c1-7-10(2)8-9-11(3)12(4,5)6/h7,11H,8-9H2,1-6H3. The topological polar surface area (TPSA) is 0 Å². The number of rotatable bonds is 3. The first-order chi connectivity index (χ1) is 5.38. The molecular formula is C12H24. The van der Waals surface area contributed by atoms with Crippen molar-refractivity contribution in [2.24, 2.45) is 11.3 Å². The first-order valence-electron chi connectivity index (χ1n) is 4.99. The maximum Gasteiger partial charge on any atom is -0.0320 e. The van der Waals surface area contributed by atoms with Gasteiger partial charge in [-0.3, -0.25) is 0 Å². The van der Waals surface area contributed by atoms with Gasteiger partial charge in [0.1, 0.15) is 0 Å². The summed E-state index contributed by atoms with van der Waals surface area (Å²) in [5.74, 6) is 0.812. The van der Waals surface area contributed by atoms with Gasteiger partial charge in [-0.2, -0.15) is 0 Å². The molecule has 0 aliphatic rings. The van der Waals surface area contributed by atoms with Crippen LogP contribution >= 0.6 is 0 Å². The van der Waals surface area contributed by atoms with E-state index in [4.69, 9.17) is 0 Å². The van der Waals surface area contributed by atoms with Crippen LogP contribution < -0.4 is 0 Å². The summed E-state index contributed by atoms with van der Waals surface area (Å²) >= 11 is 0. The second-order valence-corrected chi connectivity index (χ2v) is 4.94. The lowest BCUT2D eigenvalue weighted by atomic mass is 9.79. The molecule has 0 fully saturated rings. The fourth-order valence-corrected chi connectivity index (χ4v) is 1.02. The molecule has 0 bridgehead atoms. The van der Waals surface area contributed by atoms with E-state index in [0.29, 0.717) is 5.41 Å². The van der Waals surface area contributed by atoms with E-state index in [-0.39, 0.29) is 0 Å². The molecule has 0 heteroatoms. The summed E-state index contributed by atoms with van der Waals surface area (Å²) in [4.78, 5) is 0. The molecule has 0 aromatic carbocycles. The summed E-state index contributed by atoms with van der Waals surface area (Å²) in [6.07, 6.45) is 4.80. The average Bonchev–Trinajstić information content (AvgIpc) is 1.97. The van der Waals surface area contributed by atoms with E-state index in [2.05, 4.69) is 47.6 Å². The summed E-state index contributed by atoms with van der Waals surface area (Å²) in [6, 6.07) is 0. The first-order valence-corrected chi connectivity index (χ1v) is 4.99. The molecule has 0 aliphatic heterocycles. The van der Waals surface area contributed by atoms with Crippen LogP contribution in [0.2, 0.25) is 0 Å². The van der Waals surface area contributed by atoms with Crippen LogP contribution in [-0.4, -0.2) is 0 Å². The minimum Gasteiger partial charge on any atom is -0.0887 e. The fourth-order valence-electron chi connectivity index (χ4n) is 1.02. The third-order valence-corrected chi connectivity index (χ3v) is 2.94. The van der Waals surface area contributed by atoms with Crippen LogP contribution in [0.5, 0.6) is 0 Å². The molecule has 0 nitrogen and oxygen atoms in total. The Labute approximate surface area is 78.1 Å². The molecule has 0 aromatic heterocycles. The average molecular weight is 168 g/mol. The van der Waals surface area contributed by atoms with Crippen LogP contribution in [0.3, 0.4) is 0 Å². The van der Waals surface area contributed by atoms with Crippen LogP contribution in [0.15, 0.2) is 11.6 Å². The van der Waals surface area contributed by atoms with Crippen molar-refractivity contribution in [3.05, 3.63) is 11.6 Å². The van der Waals surface area contributed by atoms with Gasteiger partial charge in [0, 0.05) is 0 Å². The first kappa shape index (κ1) is 11.7. The normalized spacial score (nSPS) is 16.3. The van der Waals surface area contributed by atoms with Crippen molar-refractivity contribution in [1.29, 1.82) is 0 Å². The fraction of sp³-hybridized carbons (Fsp3) is 0.833. The summed E-state index contributed by atoms with van der Waals surface area (Å²) in [5.41, 5.74) is 1.99. The lowest BCUT2D eigenvalue weighted by Crippen LogP contribution is -2.17. The molecule has 0 saturated carbocycles. The van der Waals surface area contributed by atoms with E-state index >= 15 is 0 Å². The Hall–Kier alpha value is -0.260. The minimum absolute atomic E-state index is 0.466. The highest BCUT2D eigenvalue weighted by atomic mass is 14.2. The molecule has 0 N–H and O–H groups in total. The highest BCUT2D eigenvalue weighted by Crippen LogP contribution is 2.29. The van der Waals surface area contributed by atoms with E-state index in [9.17, 15) is 0 Å². The van der Waals surface area contributed by atoms with Crippen molar-refractivity contribution in [2.75, 3.05) is 0 Å². The van der Waals surface area contributed by atoms with Gasteiger partial charge >= 0.3 is 0 Å². The van der Waals surface area contributed by atoms with Crippen LogP contribution in [0, 0.1) is 11.3 Å². The zero-order valence-corrected chi connectivity index (χ0v) is 9.57. The van der Waals surface area contributed by atoms with Gasteiger partial charge in [-0.05, 0) is 38.0 Å². The van der Waals surface area contributed by atoms with Crippen molar-refractivity contribution >= 4 is 0 Å². The van der Waals surface area contributed by atoms with E-state index in [1.165, 1.54) is 18.4 Å². The van der Waals surface area contributed by atoms with Crippen LogP contribution in [-0.2, 0) is 0 Å². The summed E-state index contributed by atoms with van der Waals surface area (Å²) in [6.45, 7) is 13.7.